The topological polar surface area (TPSA) is 49.3 Å². The molecule has 1 aromatic heterocycles. The summed E-state index contributed by atoms with van der Waals surface area (Å²) in [5.74, 6) is -0.0280. The maximum absolute atomic E-state index is 11.5. The Balaban J connectivity index is 1.84. The van der Waals surface area contributed by atoms with Gasteiger partial charge in [-0.1, -0.05) is 6.07 Å². The zero-order valence-electron chi connectivity index (χ0n) is 7.82. The number of carbonyl (C=O) groups excluding carboxylic acids is 1. The first-order chi connectivity index (χ1) is 6.76. The average molecular weight is 211 g/mol. The van der Waals surface area contributed by atoms with E-state index in [4.69, 9.17) is 5.11 Å². The fourth-order valence-electron chi connectivity index (χ4n) is 1.33. The van der Waals surface area contributed by atoms with Crippen molar-refractivity contribution in [2.45, 2.75) is 12.8 Å². The molecule has 4 heteroatoms. The summed E-state index contributed by atoms with van der Waals surface area (Å²) in [6.07, 6.45) is 2.04. The quantitative estimate of drug-likeness (QED) is 0.787. The second-order valence-corrected chi connectivity index (χ2v) is 4.77. The summed E-state index contributed by atoms with van der Waals surface area (Å²) < 4.78 is 0. The number of aliphatic hydroxyl groups is 1. The number of nitrogens with one attached hydrogen (secondary N) is 1. The summed E-state index contributed by atoms with van der Waals surface area (Å²) in [6.45, 7) is 0.776. The van der Waals surface area contributed by atoms with Crippen LogP contribution in [0.5, 0.6) is 0 Å². The van der Waals surface area contributed by atoms with Gasteiger partial charge in [0.15, 0.2) is 0 Å². The zero-order chi connectivity index (χ0) is 10.0. The molecular weight excluding hydrogens is 198 g/mol. The van der Waals surface area contributed by atoms with Gasteiger partial charge in [-0.25, -0.2) is 0 Å². The van der Waals surface area contributed by atoms with Crippen molar-refractivity contribution < 1.29 is 9.90 Å². The van der Waals surface area contributed by atoms with E-state index in [1.54, 1.807) is 6.07 Å². The first-order valence-corrected chi connectivity index (χ1v) is 5.56. The van der Waals surface area contributed by atoms with Crippen LogP contribution in [0.3, 0.4) is 0 Å². The monoisotopic (exact) mass is 211 g/mol. The minimum Gasteiger partial charge on any atom is -0.396 e. The van der Waals surface area contributed by atoms with Crippen molar-refractivity contribution in [1.29, 1.82) is 0 Å². The highest BCUT2D eigenvalue weighted by Gasteiger charge is 2.42. The second kappa shape index (κ2) is 3.71. The van der Waals surface area contributed by atoms with Crippen LogP contribution in [0.25, 0.3) is 0 Å². The second-order valence-electron chi connectivity index (χ2n) is 3.82. The Bertz CT molecular complexity index is 317. The van der Waals surface area contributed by atoms with Crippen LogP contribution in [0.15, 0.2) is 17.5 Å². The predicted octanol–water partition coefficient (Wildman–Crippen LogP) is 1.25. The normalized spacial score (nSPS) is 17.8. The molecule has 76 valence electrons. The Labute approximate surface area is 86.8 Å². The number of thiophene rings is 1. The van der Waals surface area contributed by atoms with E-state index in [-0.39, 0.29) is 17.9 Å². The van der Waals surface area contributed by atoms with E-state index in [1.165, 1.54) is 11.3 Å². The third kappa shape index (κ3) is 1.96. The van der Waals surface area contributed by atoms with Crippen molar-refractivity contribution in [3.05, 3.63) is 22.4 Å². The van der Waals surface area contributed by atoms with Gasteiger partial charge in [-0.3, -0.25) is 4.79 Å². The molecule has 0 unspecified atom stereocenters. The SMILES string of the molecule is O=C(NCC1(CO)CC1)c1cccs1. The van der Waals surface area contributed by atoms with Crippen LogP contribution < -0.4 is 5.32 Å². The van der Waals surface area contributed by atoms with E-state index < -0.39 is 0 Å². The number of hydrogen-bond acceptors (Lipinski definition) is 3. The molecule has 1 aliphatic rings. The maximum atomic E-state index is 11.5. The molecule has 1 heterocycles. The molecule has 1 fully saturated rings. The van der Waals surface area contributed by atoms with Crippen molar-refractivity contribution in [1.82, 2.24) is 5.32 Å². The van der Waals surface area contributed by atoms with Crippen molar-refractivity contribution in [3.8, 4) is 0 Å². The van der Waals surface area contributed by atoms with E-state index in [0.29, 0.717) is 6.54 Å². The Morgan fingerprint density at radius 1 is 1.64 bits per heavy atom. The van der Waals surface area contributed by atoms with Crippen LogP contribution >= 0.6 is 11.3 Å². The number of aliphatic hydroxyl groups excluding tert-OH is 1. The Morgan fingerprint density at radius 2 is 2.43 bits per heavy atom. The molecule has 1 aromatic rings. The molecule has 0 spiro atoms. The predicted molar refractivity (Wildman–Crippen MR) is 55.4 cm³/mol. The van der Waals surface area contributed by atoms with Gasteiger partial charge in [0.2, 0.25) is 0 Å². The first kappa shape index (κ1) is 9.68. The molecule has 0 atom stereocenters. The molecule has 0 aromatic carbocycles. The largest absolute Gasteiger partial charge is 0.396 e. The van der Waals surface area contributed by atoms with Gasteiger partial charge in [0.25, 0.3) is 5.91 Å². The fourth-order valence-corrected chi connectivity index (χ4v) is 1.97. The third-order valence-corrected chi connectivity index (χ3v) is 3.53. The van der Waals surface area contributed by atoms with Gasteiger partial charge >= 0.3 is 0 Å². The summed E-state index contributed by atoms with van der Waals surface area (Å²) in [5, 5.41) is 13.8. The van der Waals surface area contributed by atoms with Crippen molar-refractivity contribution in [2.24, 2.45) is 5.41 Å². The van der Waals surface area contributed by atoms with Crippen LogP contribution in [0, 0.1) is 5.41 Å². The summed E-state index contributed by atoms with van der Waals surface area (Å²) >= 11 is 1.44. The third-order valence-electron chi connectivity index (χ3n) is 2.66. The van der Waals surface area contributed by atoms with Crippen molar-refractivity contribution >= 4 is 17.2 Å². The molecule has 2 N–H and O–H groups in total. The minimum absolute atomic E-state index is 0.00702. The van der Waals surface area contributed by atoms with Gasteiger partial charge in [-0.15, -0.1) is 11.3 Å². The minimum atomic E-state index is -0.0280. The molecule has 14 heavy (non-hydrogen) atoms. The summed E-state index contributed by atoms with van der Waals surface area (Å²) in [7, 11) is 0. The highest BCUT2D eigenvalue weighted by molar-refractivity contribution is 7.12. The van der Waals surface area contributed by atoms with E-state index in [9.17, 15) is 4.79 Å². The molecule has 1 aliphatic carbocycles. The van der Waals surface area contributed by atoms with Crippen molar-refractivity contribution in [3.63, 3.8) is 0 Å². The number of amides is 1. The fraction of sp³-hybridized carbons (Fsp3) is 0.500. The zero-order valence-corrected chi connectivity index (χ0v) is 8.64. The molecule has 0 bridgehead atoms. The van der Waals surface area contributed by atoms with Gasteiger partial charge < -0.3 is 10.4 Å². The molecule has 1 amide bonds. The van der Waals surface area contributed by atoms with E-state index in [1.807, 2.05) is 11.4 Å². The van der Waals surface area contributed by atoms with E-state index >= 15 is 0 Å². The van der Waals surface area contributed by atoms with Crippen LogP contribution in [-0.2, 0) is 0 Å². The van der Waals surface area contributed by atoms with E-state index in [2.05, 4.69) is 5.32 Å². The lowest BCUT2D eigenvalue weighted by Crippen LogP contribution is -2.31. The van der Waals surface area contributed by atoms with Gasteiger partial charge in [-0.2, -0.15) is 0 Å². The first-order valence-electron chi connectivity index (χ1n) is 4.68. The van der Waals surface area contributed by atoms with Crippen molar-refractivity contribution in [2.75, 3.05) is 13.2 Å². The van der Waals surface area contributed by atoms with E-state index in [0.717, 1.165) is 17.7 Å². The standard InChI is InChI=1S/C10H13NO2S/c12-7-10(3-4-10)6-11-9(13)8-2-1-5-14-8/h1-2,5,12H,3-4,6-7H2,(H,11,13). The summed E-state index contributed by atoms with van der Waals surface area (Å²) in [4.78, 5) is 12.2. The number of carbonyl (C=O) groups is 1. The van der Waals surface area contributed by atoms with Gasteiger partial charge in [0.1, 0.15) is 0 Å². The lowest BCUT2D eigenvalue weighted by molar-refractivity contribution is 0.0939. The maximum Gasteiger partial charge on any atom is 0.261 e. The van der Waals surface area contributed by atoms with Crippen LogP contribution in [0.2, 0.25) is 0 Å². The Morgan fingerprint density at radius 3 is 2.93 bits per heavy atom. The van der Waals surface area contributed by atoms with Gasteiger partial charge in [0, 0.05) is 12.0 Å². The van der Waals surface area contributed by atoms with Gasteiger partial charge in [-0.05, 0) is 24.3 Å². The van der Waals surface area contributed by atoms with Crippen LogP contribution in [0.1, 0.15) is 22.5 Å². The van der Waals surface area contributed by atoms with Crippen LogP contribution in [0.4, 0.5) is 0 Å². The Hall–Kier alpha value is -0.870. The molecule has 1 saturated carbocycles. The molecule has 2 rings (SSSR count). The molecule has 0 radical (unpaired) electrons. The smallest absolute Gasteiger partial charge is 0.261 e. The number of hydrogen-bond donors (Lipinski definition) is 2. The molecular formula is C10H13NO2S. The lowest BCUT2D eigenvalue weighted by Gasteiger charge is -2.11. The molecule has 3 nitrogen and oxygen atoms in total. The number of rotatable bonds is 4. The molecule has 0 saturated heterocycles. The summed E-state index contributed by atoms with van der Waals surface area (Å²) in [6, 6.07) is 3.66. The van der Waals surface area contributed by atoms with Gasteiger partial charge in [0.05, 0.1) is 11.5 Å². The lowest BCUT2D eigenvalue weighted by atomic mass is 10.1. The summed E-state index contributed by atoms with van der Waals surface area (Å²) in [5.41, 5.74) is -0.00702. The highest BCUT2D eigenvalue weighted by Crippen LogP contribution is 2.44. The molecule has 0 aliphatic heterocycles. The van der Waals surface area contributed by atoms with Crippen LogP contribution in [-0.4, -0.2) is 24.2 Å². The Kier molecular flexibility index (Phi) is 2.56. The highest BCUT2D eigenvalue weighted by atomic mass is 32.1. The average Bonchev–Trinajstić information content (AvgIpc) is 2.78.